The molecule has 0 heterocycles. The topological polar surface area (TPSA) is 66.5 Å². The van der Waals surface area contributed by atoms with Gasteiger partial charge in [-0.05, 0) is 60.9 Å². The number of para-hydroxylation sites is 1. The molecule has 0 radical (unpaired) electrons. The van der Waals surface area contributed by atoms with E-state index in [1.807, 2.05) is 32.0 Å². The van der Waals surface area contributed by atoms with Gasteiger partial charge >= 0.3 is 0 Å². The van der Waals surface area contributed by atoms with E-state index >= 15 is 0 Å². The number of anilines is 2. The van der Waals surface area contributed by atoms with Gasteiger partial charge < -0.3 is 5.32 Å². The van der Waals surface area contributed by atoms with Crippen LogP contribution in [0.3, 0.4) is 0 Å². The second-order valence-corrected chi connectivity index (χ2v) is 9.11. The lowest BCUT2D eigenvalue weighted by molar-refractivity contribution is -0.114. The van der Waals surface area contributed by atoms with Crippen molar-refractivity contribution < 1.29 is 13.2 Å². The maximum absolute atomic E-state index is 13.3. The van der Waals surface area contributed by atoms with Crippen LogP contribution in [0.4, 0.5) is 11.4 Å². The zero-order valence-electron chi connectivity index (χ0n) is 16.8. The first-order valence-corrected chi connectivity index (χ1v) is 11.4. The van der Waals surface area contributed by atoms with Gasteiger partial charge in [-0.25, -0.2) is 8.42 Å². The van der Waals surface area contributed by atoms with Gasteiger partial charge in [0.15, 0.2) is 0 Å². The highest BCUT2D eigenvalue weighted by atomic mass is 35.5. The number of carbonyl (C=O) groups is 1. The average Bonchev–Trinajstić information content (AvgIpc) is 2.75. The van der Waals surface area contributed by atoms with Crippen molar-refractivity contribution in [3.8, 4) is 0 Å². The molecule has 3 rings (SSSR count). The highest BCUT2D eigenvalue weighted by Crippen LogP contribution is 2.26. The van der Waals surface area contributed by atoms with Crippen LogP contribution in [0.2, 0.25) is 5.02 Å². The van der Waals surface area contributed by atoms with E-state index in [1.54, 1.807) is 42.5 Å². The molecule has 1 N–H and O–H groups in total. The van der Waals surface area contributed by atoms with Crippen LogP contribution in [0, 0.1) is 6.92 Å². The van der Waals surface area contributed by atoms with Crippen LogP contribution < -0.4 is 9.62 Å². The first-order chi connectivity index (χ1) is 14.3. The molecule has 5 nitrogen and oxygen atoms in total. The minimum Gasteiger partial charge on any atom is -0.324 e. The summed E-state index contributed by atoms with van der Waals surface area (Å²) in [5, 5.41) is 3.37. The number of benzene rings is 3. The highest BCUT2D eigenvalue weighted by Gasteiger charge is 2.27. The number of sulfonamides is 1. The van der Waals surface area contributed by atoms with Crippen LogP contribution in [-0.4, -0.2) is 20.9 Å². The Morgan fingerprint density at radius 2 is 1.63 bits per heavy atom. The molecule has 1 amide bonds. The summed E-state index contributed by atoms with van der Waals surface area (Å²) in [7, 11) is -3.95. The monoisotopic (exact) mass is 442 g/mol. The van der Waals surface area contributed by atoms with Crippen molar-refractivity contribution in [2.75, 3.05) is 16.2 Å². The van der Waals surface area contributed by atoms with Gasteiger partial charge in [-0.15, -0.1) is 0 Å². The van der Waals surface area contributed by atoms with E-state index in [0.29, 0.717) is 10.7 Å². The predicted octanol–water partition coefficient (Wildman–Crippen LogP) is 5.04. The average molecular weight is 443 g/mol. The quantitative estimate of drug-likeness (QED) is 0.557. The number of amides is 1. The van der Waals surface area contributed by atoms with Crippen molar-refractivity contribution >= 4 is 38.9 Å². The summed E-state index contributed by atoms with van der Waals surface area (Å²) >= 11 is 5.96. The molecule has 3 aromatic carbocycles. The molecule has 0 saturated heterocycles. The largest absolute Gasteiger partial charge is 0.324 e. The summed E-state index contributed by atoms with van der Waals surface area (Å²) in [5.74, 6) is -0.423. The molecule has 0 spiro atoms. The van der Waals surface area contributed by atoms with E-state index in [4.69, 9.17) is 11.6 Å². The second kappa shape index (κ2) is 9.32. The number of hydrogen-bond donors (Lipinski definition) is 1. The second-order valence-electron chi connectivity index (χ2n) is 6.81. The van der Waals surface area contributed by atoms with Gasteiger partial charge in [0.2, 0.25) is 5.91 Å². The van der Waals surface area contributed by atoms with E-state index in [-0.39, 0.29) is 11.4 Å². The number of aryl methyl sites for hydroxylation is 2. The fourth-order valence-corrected chi connectivity index (χ4v) is 4.72. The Morgan fingerprint density at radius 1 is 0.967 bits per heavy atom. The van der Waals surface area contributed by atoms with E-state index in [1.165, 1.54) is 12.1 Å². The maximum atomic E-state index is 13.3. The lowest BCUT2D eigenvalue weighted by Crippen LogP contribution is -2.38. The minimum absolute atomic E-state index is 0.109. The van der Waals surface area contributed by atoms with Gasteiger partial charge in [-0.2, -0.15) is 0 Å². The molecule has 0 saturated carbocycles. The number of carbonyl (C=O) groups excluding carboxylic acids is 1. The Kier molecular flexibility index (Phi) is 6.80. The number of rotatable bonds is 7. The molecule has 0 aliphatic rings. The molecule has 0 aliphatic carbocycles. The first-order valence-electron chi connectivity index (χ1n) is 9.54. The smallest absolute Gasteiger partial charge is 0.264 e. The summed E-state index contributed by atoms with van der Waals surface area (Å²) in [5.41, 5.74) is 3.00. The third kappa shape index (κ3) is 4.83. The van der Waals surface area contributed by atoms with Gasteiger partial charge in [-0.1, -0.05) is 54.9 Å². The van der Waals surface area contributed by atoms with Crippen molar-refractivity contribution in [2.24, 2.45) is 0 Å². The van der Waals surface area contributed by atoms with E-state index in [0.717, 1.165) is 27.5 Å². The Hall–Kier alpha value is -2.83. The molecule has 0 bridgehead atoms. The summed E-state index contributed by atoms with van der Waals surface area (Å²) in [4.78, 5) is 13.0. The van der Waals surface area contributed by atoms with Crippen LogP contribution in [-0.2, 0) is 21.2 Å². The fraction of sp³-hybridized carbons (Fsp3) is 0.174. The summed E-state index contributed by atoms with van der Waals surface area (Å²) < 4.78 is 27.7. The van der Waals surface area contributed by atoms with E-state index < -0.39 is 15.9 Å². The van der Waals surface area contributed by atoms with Gasteiger partial charge in [0.05, 0.1) is 10.6 Å². The zero-order chi connectivity index (χ0) is 21.7. The number of halogens is 1. The summed E-state index contributed by atoms with van der Waals surface area (Å²) in [6.45, 7) is 3.55. The van der Waals surface area contributed by atoms with Crippen molar-refractivity contribution in [3.05, 3.63) is 88.9 Å². The molecule has 0 fully saturated rings. The molecule has 156 valence electrons. The standard InChI is InChI=1S/C23H23ClN2O3S/c1-3-18-9-7-8-17(2)23(18)25-22(27)16-26(20-14-12-19(24)13-15-20)30(28,29)21-10-5-4-6-11-21/h4-15H,3,16H2,1-2H3,(H,25,27). The van der Waals surface area contributed by atoms with Crippen molar-refractivity contribution in [1.82, 2.24) is 0 Å². The minimum atomic E-state index is -3.95. The predicted molar refractivity (Wildman–Crippen MR) is 122 cm³/mol. The van der Waals surface area contributed by atoms with Crippen LogP contribution in [0.25, 0.3) is 0 Å². The van der Waals surface area contributed by atoms with Crippen LogP contribution in [0.5, 0.6) is 0 Å². The maximum Gasteiger partial charge on any atom is 0.264 e. The fourth-order valence-electron chi connectivity index (χ4n) is 3.15. The van der Waals surface area contributed by atoms with Crippen LogP contribution >= 0.6 is 11.6 Å². The van der Waals surface area contributed by atoms with Gasteiger partial charge in [-0.3, -0.25) is 9.10 Å². The molecule has 30 heavy (non-hydrogen) atoms. The summed E-state index contributed by atoms with van der Waals surface area (Å²) in [6, 6.07) is 20.2. The lowest BCUT2D eigenvalue weighted by atomic mass is 10.1. The van der Waals surface area contributed by atoms with Gasteiger partial charge in [0, 0.05) is 10.7 Å². The Morgan fingerprint density at radius 3 is 2.27 bits per heavy atom. The molecule has 7 heteroatoms. The molecular weight excluding hydrogens is 420 g/mol. The van der Waals surface area contributed by atoms with Gasteiger partial charge in [0.1, 0.15) is 6.54 Å². The Balaban J connectivity index is 1.96. The van der Waals surface area contributed by atoms with Crippen molar-refractivity contribution in [3.63, 3.8) is 0 Å². The zero-order valence-corrected chi connectivity index (χ0v) is 18.4. The Bertz CT molecular complexity index is 1130. The third-order valence-electron chi connectivity index (χ3n) is 4.74. The molecule has 0 aliphatic heterocycles. The van der Waals surface area contributed by atoms with Crippen molar-refractivity contribution in [1.29, 1.82) is 0 Å². The van der Waals surface area contributed by atoms with Crippen LogP contribution in [0.15, 0.2) is 77.7 Å². The number of hydrogen-bond acceptors (Lipinski definition) is 3. The van der Waals surface area contributed by atoms with Gasteiger partial charge in [0.25, 0.3) is 10.0 Å². The van der Waals surface area contributed by atoms with Crippen molar-refractivity contribution in [2.45, 2.75) is 25.2 Å². The normalized spacial score (nSPS) is 11.2. The van der Waals surface area contributed by atoms with E-state index in [2.05, 4.69) is 5.32 Å². The van der Waals surface area contributed by atoms with E-state index in [9.17, 15) is 13.2 Å². The summed E-state index contributed by atoms with van der Waals surface area (Å²) in [6.07, 6.45) is 0.751. The first kappa shape index (κ1) is 21.9. The molecule has 0 atom stereocenters. The molecule has 3 aromatic rings. The van der Waals surface area contributed by atoms with Crippen LogP contribution in [0.1, 0.15) is 18.1 Å². The highest BCUT2D eigenvalue weighted by molar-refractivity contribution is 7.92. The number of nitrogens with one attached hydrogen (secondary N) is 1. The molecular formula is C23H23ClN2O3S. The molecule has 0 unspecified atom stereocenters. The number of nitrogens with zero attached hydrogens (tertiary/aromatic N) is 1. The molecule has 0 aromatic heterocycles. The SMILES string of the molecule is CCc1cccc(C)c1NC(=O)CN(c1ccc(Cl)cc1)S(=O)(=O)c1ccccc1. The third-order valence-corrected chi connectivity index (χ3v) is 6.78. The Labute approximate surface area is 182 Å². The lowest BCUT2D eigenvalue weighted by Gasteiger charge is -2.24.